The maximum absolute atomic E-state index is 6.96. The summed E-state index contributed by atoms with van der Waals surface area (Å²) in [7, 11) is -1.51. The van der Waals surface area contributed by atoms with Crippen LogP contribution in [-0.2, 0) is 4.43 Å². The summed E-state index contributed by atoms with van der Waals surface area (Å²) in [6, 6.07) is 3.83. The van der Waals surface area contributed by atoms with E-state index in [1.54, 1.807) is 13.3 Å². The zero-order valence-electron chi connectivity index (χ0n) is 21.5. The van der Waals surface area contributed by atoms with E-state index in [0.29, 0.717) is 6.10 Å². The molecule has 1 atom stereocenters. The van der Waals surface area contributed by atoms with Gasteiger partial charge >= 0.3 is 192 Å². The van der Waals surface area contributed by atoms with Crippen LogP contribution in [0.1, 0.15) is 113 Å². The van der Waals surface area contributed by atoms with Crippen molar-refractivity contribution < 1.29 is 4.43 Å². The summed E-state index contributed by atoms with van der Waals surface area (Å²) in [5, 5.41) is 0. The van der Waals surface area contributed by atoms with Crippen molar-refractivity contribution >= 4 is 26.7 Å². The molecule has 29 heavy (non-hydrogen) atoms. The van der Waals surface area contributed by atoms with Crippen LogP contribution in [0, 0.1) is 0 Å². The molecule has 0 heterocycles. The molecule has 0 fully saturated rings. The third-order valence-corrected chi connectivity index (χ3v) is 26.1. The minimum atomic E-state index is -2.14. The van der Waals surface area contributed by atoms with E-state index in [2.05, 4.69) is 58.6 Å². The van der Waals surface area contributed by atoms with Crippen LogP contribution in [0.2, 0.25) is 31.4 Å². The Bertz CT molecular complexity index is 362. The first kappa shape index (κ1) is 29.7. The molecule has 0 aromatic heterocycles. The van der Waals surface area contributed by atoms with Crippen LogP contribution in [0.4, 0.5) is 0 Å². The Morgan fingerprint density at radius 2 is 1.14 bits per heavy atom. The molecule has 0 aliphatic carbocycles. The number of rotatable bonds is 20. The second kappa shape index (κ2) is 18.3. The summed E-state index contributed by atoms with van der Waals surface area (Å²) in [6.07, 6.45) is 16.6. The van der Waals surface area contributed by atoms with Crippen LogP contribution in [-0.4, -0.2) is 32.8 Å². The first-order valence-corrected chi connectivity index (χ1v) is 23.6. The van der Waals surface area contributed by atoms with Crippen LogP contribution < -0.4 is 0 Å². The average molecular weight is 532 g/mol. The fourth-order valence-electron chi connectivity index (χ4n) is 4.69. The van der Waals surface area contributed by atoms with Gasteiger partial charge in [0, 0.05) is 0 Å². The molecule has 0 aliphatic rings. The third kappa shape index (κ3) is 12.4. The van der Waals surface area contributed by atoms with Crippen LogP contribution >= 0.6 is 0 Å². The van der Waals surface area contributed by atoms with E-state index in [1.807, 2.05) is 0 Å². The summed E-state index contributed by atoms with van der Waals surface area (Å²) in [4.78, 5) is 0. The van der Waals surface area contributed by atoms with Gasteiger partial charge in [0.2, 0.25) is 0 Å². The maximum atomic E-state index is 6.96. The summed E-state index contributed by atoms with van der Waals surface area (Å²) >= 11 is -2.14. The molecular weight excluding hydrogens is 475 g/mol. The van der Waals surface area contributed by atoms with Gasteiger partial charge in [-0.2, -0.15) is 0 Å². The van der Waals surface area contributed by atoms with Gasteiger partial charge in [-0.05, 0) is 0 Å². The Balaban J connectivity index is 5.33. The van der Waals surface area contributed by atoms with Crippen molar-refractivity contribution in [2.24, 2.45) is 0 Å². The summed E-state index contributed by atoms with van der Waals surface area (Å²) in [5.41, 5.74) is 0. The summed E-state index contributed by atoms with van der Waals surface area (Å²) in [6.45, 7) is 16.5. The zero-order chi connectivity index (χ0) is 22.0. The molecule has 0 amide bonds. The second-order valence-electron chi connectivity index (χ2n) is 9.44. The van der Waals surface area contributed by atoms with Crippen molar-refractivity contribution in [2.45, 2.75) is 150 Å². The van der Waals surface area contributed by atoms with Gasteiger partial charge < -0.3 is 0 Å². The van der Waals surface area contributed by atoms with Gasteiger partial charge in [0.15, 0.2) is 0 Å². The predicted octanol–water partition coefficient (Wildman–Crippen LogP) is 9.90. The molecule has 0 radical (unpaired) electrons. The number of hydrogen-bond acceptors (Lipinski definition) is 1. The molecular formula is C26H56OSiSn. The molecule has 0 rings (SSSR count). The molecule has 1 nitrogen and oxygen atoms in total. The Morgan fingerprint density at radius 1 is 0.690 bits per heavy atom. The van der Waals surface area contributed by atoms with E-state index < -0.39 is 26.7 Å². The van der Waals surface area contributed by atoms with Crippen LogP contribution in [0.3, 0.4) is 0 Å². The molecule has 0 aliphatic heterocycles. The van der Waals surface area contributed by atoms with Crippen LogP contribution in [0.15, 0.2) is 10.2 Å². The van der Waals surface area contributed by atoms with Gasteiger partial charge in [0.1, 0.15) is 0 Å². The van der Waals surface area contributed by atoms with Crippen molar-refractivity contribution in [2.75, 3.05) is 0 Å². The number of unbranched alkanes of at least 4 members (excludes halogenated alkanes) is 4. The van der Waals surface area contributed by atoms with E-state index in [0.717, 1.165) is 0 Å². The predicted molar refractivity (Wildman–Crippen MR) is 140 cm³/mol. The Morgan fingerprint density at radius 3 is 1.52 bits per heavy atom. The van der Waals surface area contributed by atoms with Gasteiger partial charge in [0.05, 0.1) is 0 Å². The summed E-state index contributed by atoms with van der Waals surface area (Å²) < 4.78 is 14.6. The first-order valence-electron chi connectivity index (χ1n) is 13.4. The van der Waals surface area contributed by atoms with Gasteiger partial charge in [-0.1, -0.05) is 0 Å². The molecule has 0 saturated heterocycles. The Kier molecular flexibility index (Phi) is 18.8. The molecule has 174 valence electrons. The van der Waals surface area contributed by atoms with Crippen molar-refractivity contribution in [1.29, 1.82) is 0 Å². The normalized spacial score (nSPS) is 14.0. The van der Waals surface area contributed by atoms with Crippen molar-refractivity contribution in [1.82, 2.24) is 0 Å². The summed E-state index contributed by atoms with van der Waals surface area (Å²) in [5.74, 6) is 0. The monoisotopic (exact) mass is 532 g/mol. The van der Waals surface area contributed by atoms with E-state index in [4.69, 9.17) is 4.43 Å². The standard InChI is InChI=1S/C14H29OSi.3C4H9.Sn/c1-6-11-13-14(12-7-2)15-16(8-3,9-4)10-5;3*1-3-4-2;/h2,7,14H,6,8-13H2,1,3-5H3;3*1,3-4H2,2H3;/t14-;;;;/m1..../s1. The fourth-order valence-corrected chi connectivity index (χ4v) is 22.1. The molecule has 0 spiro atoms. The quantitative estimate of drug-likeness (QED) is 0.142. The molecule has 0 unspecified atom stereocenters. The second-order valence-corrected chi connectivity index (χ2v) is 27.2. The average Bonchev–Trinajstić information content (AvgIpc) is 2.76. The third-order valence-electron chi connectivity index (χ3n) is 7.18. The van der Waals surface area contributed by atoms with Crippen molar-refractivity contribution in [3.8, 4) is 0 Å². The molecule has 3 heteroatoms. The molecule has 0 aromatic rings. The Hall–Kier alpha value is 0.716. The first-order chi connectivity index (χ1) is 14.0. The van der Waals surface area contributed by atoms with Crippen molar-refractivity contribution in [3.05, 3.63) is 10.2 Å². The fraction of sp³-hybridized carbons (Fsp3) is 0.923. The molecule has 0 aromatic carbocycles. The van der Waals surface area contributed by atoms with E-state index >= 15 is 0 Å². The van der Waals surface area contributed by atoms with Crippen LogP contribution in [0.5, 0.6) is 0 Å². The van der Waals surface area contributed by atoms with Gasteiger partial charge in [-0.25, -0.2) is 0 Å². The van der Waals surface area contributed by atoms with Gasteiger partial charge in [0.25, 0.3) is 0 Å². The van der Waals surface area contributed by atoms with Crippen LogP contribution in [0.25, 0.3) is 0 Å². The van der Waals surface area contributed by atoms with Gasteiger partial charge in [-0.3, -0.25) is 0 Å². The number of hydrogen-bond donors (Lipinski definition) is 0. The van der Waals surface area contributed by atoms with E-state index in [-0.39, 0.29) is 0 Å². The van der Waals surface area contributed by atoms with E-state index in [1.165, 1.54) is 82.3 Å². The zero-order valence-corrected chi connectivity index (χ0v) is 25.3. The molecule has 0 saturated carbocycles. The van der Waals surface area contributed by atoms with Crippen molar-refractivity contribution in [3.63, 3.8) is 0 Å². The minimum absolute atomic E-state index is 0.477. The van der Waals surface area contributed by atoms with Gasteiger partial charge in [-0.15, -0.1) is 0 Å². The molecule has 0 N–H and O–H groups in total. The Labute approximate surface area is 190 Å². The molecule has 0 bridgehead atoms. The van der Waals surface area contributed by atoms with E-state index in [9.17, 15) is 0 Å². The topological polar surface area (TPSA) is 9.23 Å². The SMILES string of the molecule is CCCC[C@@H](C/C=[CH]/[Sn]([CH2]CCC)([CH2]CCC)[CH2]CCC)O[Si](CC)(CC)CC.